The Kier molecular flexibility index (Phi) is 7.07. The summed E-state index contributed by atoms with van der Waals surface area (Å²) in [6.45, 7) is 2.56. The molecule has 0 fully saturated rings. The Bertz CT molecular complexity index is 1190. The molecule has 1 aliphatic rings. The van der Waals surface area contributed by atoms with Crippen molar-refractivity contribution in [3.05, 3.63) is 89.0 Å². The summed E-state index contributed by atoms with van der Waals surface area (Å²) in [6.07, 6.45) is 2.87. The topological polar surface area (TPSA) is 63.2 Å². The minimum absolute atomic E-state index is 0.0520. The van der Waals surface area contributed by atoms with Gasteiger partial charge in [-0.3, -0.25) is 0 Å². The van der Waals surface area contributed by atoms with E-state index >= 15 is 0 Å². The van der Waals surface area contributed by atoms with Crippen LogP contribution in [0.2, 0.25) is 0 Å². The van der Waals surface area contributed by atoms with Crippen LogP contribution in [0, 0.1) is 0 Å². The van der Waals surface area contributed by atoms with Crippen molar-refractivity contribution in [1.82, 2.24) is 0 Å². The third kappa shape index (κ3) is 4.86. The maximum atomic E-state index is 11.5. The highest BCUT2D eigenvalue weighted by molar-refractivity contribution is 5.87. The lowest BCUT2D eigenvalue weighted by molar-refractivity contribution is -0.134. The molecule has 0 aromatic heterocycles. The number of esters is 1. The molecule has 0 aliphatic carbocycles. The Balaban J connectivity index is 1.58. The van der Waals surface area contributed by atoms with Gasteiger partial charge in [0, 0.05) is 17.6 Å². The first-order valence-electron chi connectivity index (χ1n) is 11.0. The second-order valence-corrected chi connectivity index (χ2v) is 8.01. The third-order valence-electron chi connectivity index (χ3n) is 5.88. The first-order chi connectivity index (χ1) is 16.5. The van der Waals surface area contributed by atoms with Crippen LogP contribution in [-0.2, 0) is 16.1 Å². The van der Waals surface area contributed by atoms with E-state index in [2.05, 4.69) is 11.7 Å². The van der Waals surface area contributed by atoms with Crippen LogP contribution in [0.15, 0.2) is 66.7 Å². The van der Waals surface area contributed by atoms with Crippen molar-refractivity contribution in [3.63, 3.8) is 0 Å². The Morgan fingerprint density at radius 1 is 0.941 bits per heavy atom. The summed E-state index contributed by atoms with van der Waals surface area (Å²) in [6, 6.07) is 19.7. The van der Waals surface area contributed by atoms with Gasteiger partial charge >= 0.3 is 5.97 Å². The molecule has 0 N–H and O–H groups in total. The molecule has 2 atom stereocenters. The quantitative estimate of drug-likeness (QED) is 0.317. The standard InChI is InChI=1S/C28H28O6/c1-18-22-14-20(10-13-26(29)32-4)15-25(31-3)28(22)34-27(18)21-11-12-23(24(16-21)30-2)33-17-19-8-6-5-7-9-19/h5-16,18,27H,17H2,1-4H3/b13-10+/t18-,27-/m1/s1. The average molecular weight is 461 g/mol. The zero-order valence-corrected chi connectivity index (χ0v) is 19.7. The molecule has 0 bridgehead atoms. The van der Waals surface area contributed by atoms with Crippen LogP contribution in [0.1, 0.15) is 41.2 Å². The van der Waals surface area contributed by atoms with Crippen molar-refractivity contribution in [2.24, 2.45) is 0 Å². The van der Waals surface area contributed by atoms with Crippen molar-refractivity contribution < 1.29 is 28.5 Å². The second-order valence-electron chi connectivity index (χ2n) is 8.01. The fourth-order valence-corrected chi connectivity index (χ4v) is 4.05. The van der Waals surface area contributed by atoms with Crippen molar-refractivity contribution in [2.75, 3.05) is 21.3 Å². The van der Waals surface area contributed by atoms with Gasteiger partial charge in [-0.15, -0.1) is 0 Å². The van der Waals surface area contributed by atoms with Gasteiger partial charge < -0.3 is 23.7 Å². The van der Waals surface area contributed by atoms with Crippen molar-refractivity contribution >= 4 is 12.0 Å². The summed E-state index contributed by atoms with van der Waals surface area (Å²) in [7, 11) is 4.58. The number of fused-ring (bicyclic) bond motifs is 1. The molecular weight excluding hydrogens is 432 g/mol. The van der Waals surface area contributed by atoms with E-state index in [1.54, 1.807) is 20.3 Å². The predicted octanol–water partition coefficient (Wildman–Crippen LogP) is 5.71. The molecule has 0 saturated heterocycles. The fraction of sp³-hybridized carbons (Fsp3) is 0.250. The Labute approximate surface area is 199 Å². The lowest BCUT2D eigenvalue weighted by Gasteiger charge is -2.18. The normalized spacial score (nSPS) is 16.6. The van der Waals surface area contributed by atoms with E-state index in [9.17, 15) is 4.79 Å². The number of hydrogen-bond donors (Lipinski definition) is 0. The number of hydrogen-bond acceptors (Lipinski definition) is 6. The highest BCUT2D eigenvalue weighted by Crippen LogP contribution is 2.51. The highest BCUT2D eigenvalue weighted by Gasteiger charge is 2.35. The van der Waals surface area contributed by atoms with Crippen molar-refractivity contribution in [3.8, 4) is 23.0 Å². The SMILES string of the molecule is COC(=O)/C=C/c1cc(OC)c2c(c1)[C@@H](C)[C@H](c1ccc(OCc3ccccc3)c(OC)c1)O2. The molecule has 0 radical (unpaired) electrons. The minimum atomic E-state index is -0.414. The Morgan fingerprint density at radius 3 is 2.41 bits per heavy atom. The first kappa shape index (κ1) is 23.2. The molecule has 0 spiro atoms. The second kappa shape index (κ2) is 10.3. The average Bonchev–Trinajstić information content (AvgIpc) is 3.22. The molecule has 0 saturated carbocycles. The summed E-state index contributed by atoms with van der Waals surface area (Å²) in [4.78, 5) is 11.5. The van der Waals surface area contributed by atoms with Crippen molar-refractivity contribution in [2.45, 2.75) is 25.6 Å². The minimum Gasteiger partial charge on any atom is -0.493 e. The summed E-state index contributed by atoms with van der Waals surface area (Å²) in [5.74, 6) is 2.28. The summed E-state index contributed by atoms with van der Waals surface area (Å²) in [5.41, 5.74) is 3.90. The summed E-state index contributed by atoms with van der Waals surface area (Å²) in [5, 5.41) is 0. The third-order valence-corrected chi connectivity index (χ3v) is 5.88. The van der Waals surface area contributed by atoms with Gasteiger partial charge in [-0.2, -0.15) is 0 Å². The first-order valence-corrected chi connectivity index (χ1v) is 11.0. The zero-order chi connectivity index (χ0) is 24.1. The molecule has 34 heavy (non-hydrogen) atoms. The van der Waals surface area contributed by atoms with Gasteiger partial charge in [0.1, 0.15) is 12.7 Å². The van der Waals surface area contributed by atoms with Crippen LogP contribution in [0.5, 0.6) is 23.0 Å². The van der Waals surface area contributed by atoms with E-state index in [1.807, 2.05) is 60.7 Å². The fourth-order valence-electron chi connectivity index (χ4n) is 4.05. The predicted molar refractivity (Wildman–Crippen MR) is 130 cm³/mol. The number of ether oxygens (including phenoxy) is 5. The molecule has 1 heterocycles. The van der Waals surface area contributed by atoms with E-state index < -0.39 is 5.97 Å². The van der Waals surface area contributed by atoms with Gasteiger partial charge in [-0.25, -0.2) is 4.79 Å². The van der Waals surface area contributed by atoms with Gasteiger partial charge in [0.2, 0.25) is 0 Å². The van der Waals surface area contributed by atoms with Crippen LogP contribution in [0.4, 0.5) is 0 Å². The molecule has 0 amide bonds. The molecule has 0 unspecified atom stereocenters. The largest absolute Gasteiger partial charge is 0.493 e. The monoisotopic (exact) mass is 460 g/mol. The molecule has 176 valence electrons. The van der Waals surface area contributed by atoms with Gasteiger partial charge in [0.15, 0.2) is 23.0 Å². The Hall–Kier alpha value is -3.93. The van der Waals surface area contributed by atoms with Crippen LogP contribution in [-0.4, -0.2) is 27.3 Å². The smallest absolute Gasteiger partial charge is 0.330 e. The summed E-state index contributed by atoms with van der Waals surface area (Å²) < 4.78 is 28.2. The summed E-state index contributed by atoms with van der Waals surface area (Å²) >= 11 is 0. The van der Waals surface area contributed by atoms with Crippen LogP contribution < -0.4 is 18.9 Å². The van der Waals surface area contributed by atoms with Crippen LogP contribution >= 0.6 is 0 Å². The van der Waals surface area contributed by atoms with Crippen LogP contribution in [0.25, 0.3) is 6.08 Å². The van der Waals surface area contributed by atoms with E-state index in [4.69, 9.17) is 18.9 Å². The highest BCUT2D eigenvalue weighted by atomic mass is 16.5. The van der Waals surface area contributed by atoms with E-state index in [1.165, 1.54) is 13.2 Å². The van der Waals surface area contributed by atoms with Crippen molar-refractivity contribution in [1.29, 1.82) is 0 Å². The molecule has 1 aliphatic heterocycles. The van der Waals surface area contributed by atoms with E-state index in [-0.39, 0.29) is 12.0 Å². The Morgan fingerprint density at radius 2 is 1.71 bits per heavy atom. The lowest BCUT2D eigenvalue weighted by Crippen LogP contribution is -2.08. The number of benzene rings is 3. The number of carbonyl (C=O) groups is 1. The molecule has 3 aromatic carbocycles. The van der Waals surface area contributed by atoms with Gasteiger partial charge in [-0.05, 0) is 47.0 Å². The van der Waals surface area contributed by atoms with Gasteiger partial charge in [0.25, 0.3) is 0 Å². The molecular formula is C28H28O6. The number of methoxy groups -OCH3 is 3. The van der Waals surface area contributed by atoms with E-state index in [0.717, 1.165) is 22.3 Å². The number of rotatable bonds is 8. The maximum absolute atomic E-state index is 11.5. The maximum Gasteiger partial charge on any atom is 0.330 e. The lowest BCUT2D eigenvalue weighted by atomic mass is 9.91. The molecule has 6 nitrogen and oxygen atoms in total. The number of carbonyl (C=O) groups excluding carboxylic acids is 1. The zero-order valence-electron chi connectivity index (χ0n) is 19.7. The molecule has 3 aromatic rings. The van der Waals surface area contributed by atoms with Gasteiger partial charge in [0.05, 0.1) is 21.3 Å². The van der Waals surface area contributed by atoms with Crippen LogP contribution in [0.3, 0.4) is 0 Å². The molecule has 6 heteroatoms. The van der Waals surface area contributed by atoms with Gasteiger partial charge in [-0.1, -0.05) is 43.3 Å². The van der Waals surface area contributed by atoms with E-state index in [0.29, 0.717) is 29.6 Å². The molecule has 4 rings (SSSR count).